The molecule has 0 atom stereocenters. The van der Waals surface area contributed by atoms with Crippen LogP contribution in [0.2, 0.25) is 5.02 Å². The third-order valence-electron chi connectivity index (χ3n) is 3.21. The van der Waals surface area contributed by atoms with Crippen LogP contribution >= 0.6 is 11.6 Å². The van der Waals surface area contributed by atoms with Crippen molar-refractivity contribution >= 4 is 29.0 Å². The van der Waals surface area contributed by atoms with Gasteiger partial charge in [-0.3, -0.25) is 4.79 Å². The van der Waals surface area contributed by atoms with E-state index < -0.39 is 0 Å². The van der Waals surface area contributed by atoms with E-state index in [1.165, 1.54) is 0 Å². The number of rotatable bonds is 4. The number of hydrogen-bond acceptors (Lipinski definition) is 4. The normalized spacial score (nSPS) is 15.8. The lowest BCUT2D eigenvalue weighted by molar-refractivity contribution is -0.116. The maximum absolute atomic E-state index is 11.2. The molecule has 0 unspecified atom stereocenters. The van der Waals surface area contributed by atoms with Crippen molar-refractivity contribution in [2.45, 2.75) is 31.7 Å². The third kappa shape index (κ3) is 2.85. The SMILES string of the molecule is NC(=O)CN(c1ncc(N)cc1Cl)C1CCCC1. The number of nitrogens with zero attached hydrogens (tertiary/aromatic N) is 2. The van der Waals surface area contributed by atoms with E-state index in [2.05, 4.69) is 4.98 Å². The molecule has 1 aromatic rings. The Kier molecular flexibility index (Phi) is 3.91. The van der Waals surface area contributed by atoms with Gasteiger partial charge in [0.05, 0.1) is 23.5 Å². The summed E-state index contributed by atoms with van der Waals surface area (Å²) in [7, 11) is 0. The predicted octanol–water partition coefficient (Wildman–Crippen LogP) is 1.55. The molecule has 0 aromatic carbocycles. The standard InChI is InChI=1S/C12H17ClN4O/c13-10-5-8(14)6-16-12(10)17(7-11(15)18)9-3-1-2-4-9/h5-6,9H,1-4,7,14H2,(H2,15,18). The van der Waals surface area contributed by atoms with E-state index in [1.54, 1.807) is 12.3 Å². The highest BCUT2D eigenvalue weighted by Gasteiger charge is 2.26. The summed E-state index contributed by atoms with van der Waals surface area (Å²) in [6.45, 7) is 0.140. The number of pyridine rings is 1. The van der Waals surface area contributed by atoms with Crippen molar-refractivity contribution in [2.24, 2.45) is 5.73 Å². The van der Waals surface area contributed by atoms with E-state index in [-0.39, 0.29) is 18.5 Å². The summed E-state index contributed by atoms with van der Waals surface area (Å²) in [6.07, 6.45) is 5.94. The first-order valence-corrected chi connectivity index (χ1v) is 6.41. The quantitative estimate of drug-likeness (QED) is 0.868. The number of anilines is 2. The summed E-state index contributed by atoms with van der Waals surface area (Å²) >= 11 is 6.15. The van der Waals surface area contributed by atoms with E-state index >= 15 is 0 Å². The van der Waals surface area contributed by atoms with E-state index in [1.807, 2.05) is 4.90 Å². The van der Waals surface area contributed by atoms with Gasteiger partial charge in [0, 0.05) is 6.04 Å². The van der Waals surface area contributed by atoms with Gasteiger partial charge in [0.25, 0.3) is 0 Å². The van der Waals surface area contributed by atoms with Gasteiger partial charge >= 0.3 is 0 Å². The number of primary amides is 1. The number of carbonyl (C=O) groups excluding carboxylic acids is 1. The van der Waals surface area contributed by atoms with Gasteiger partial charge in [-0.1, -0.05) is 24.4 Å². The summed E-state index contributed by atoms with van der Waals surface area (Å²) in [4.78, 5) is 17.3. The minimum absolute atomic E-state index is 0.140. The van der Waals surface area contributed by atoms with Crippen LogP contribution in [0.4, 0.5) is 11.5 Å². The summed E-state index contributed by atoms with van der Waals surface area (Å²) in [5, 5.41) is 0.461. The van der Waals surface area contributed by atoms with Gasteiger partial charge in [0.2, 0.25) is 5.91 Å². The molecule has 4 N–H and O–H groups in total. The van der Waals surface area contributed by atoms with Crippen molar-refractivity contribution in [3.63, 3.8) is 0 Å². The average Bonchev–Trinajstić information content (AvgIpc) is 2.79. The first kappa shape index (κ1) is 13.0. The predicted molar refractivity (Wildman–Crippen MR) is 72.5 cm³/mol. The summed E-state index contributed by atoms with van der Waals surface area (Å²) < 4.78 is 0. The van der Waals surface area contributed by atoms with Crippen LogP contribution in [0.5, 0.6) is 0 Å². The fourth-order valence-corrected chi connectivity index (χ4v) is 2.70. The molecule has 1 heterocycles. The Morgan fingerprint density at radius 1 is 1.50 bits per heavy atom. The second-order valence-electron chi connectivity index (χ2n) is 4.61. The minimum Gasteiger partial charge on any atom is -0.397 e. The molecule has 98 valence electrons. The molecule has 0 saturated heterocycles. The summed E-state index contributed by atoms with van der Waals surface area (Å²) in [5.74, 6) is 0.216. The fourth-order valence-electron chi connectivity index (χ4n) is 2.42. The fraction of sp³-hybridized carbons (Fsp3) is 0.500. The number of nitrogens with two attached hydrogens (primary N) is 2. The molecule has 2 rings (SSSR count). The highest BCUT2D eigenvalue weighted by atomic mass is 35.5. The third-order valence-corrected chi connectivity index (χ3v) is 3.48. The number of hydrogen-bond donors (Lipinski definition) is 2. The monoisotopic (exact) mass is 268 g/mol. The van der Waals surface area contributed by atoms with Crippen LogP contribution in [-0.2, 0) is 4.79 Å². The lowest BCUT2D eigenvalue weighted by Gasteiger charge is -2.29. The molecule has 0 bridgehead atoms. The minimum atomic E-state index is -0.378. The van der Waals surface area contributed by atoms with Crippen LogP contribution in [-0.4, -0.2) is 23.5 Å². The number of nitrogen functional groups attached to an aromatic ring is 1. The van der Waals surface area contributed by atoms with Crippen molar-refractivity contribution in [3.05, 3.63) is 17.3 Å². The molecule has 18 heavy (non-hydrogen) atoms. The van der Waals surface area contributed by atoms with Crippen LogP contribution in [0.3, 0.4) is 0 Å². The maximum atomic E-state index is 11.2. The van der Waals surface area contributed by atoms with E-state index in [9.17, 15) is 4.79 Å². The molecule has 0 spiro atoms. The molecular formula is C12H17ClN4O. The summed E-state index contributed by atoms with van der Waals surface area (Å²) in [6, 6.07) is 1.93. The molecule has 1 aromatic heterocycles. The Labute approximate surface area is 111 Å². The first-order chi connectivity index (χ1) is 8.58. The van der Waals surface area contributed by atoms with Crippen LogP contribution in [0, 0.1) is 0 Å². The Bertz CT molecular complexity index is 446. The van der Waals surface area contributed by atoms with Gasteiger partial charge in [0.15, 0.2) is 0 Å². The lowest BCUT2D eigenvalue weighted by Crippen LogP contribution is -2.40. The molecule has 1 aliphatic carbocycles. The molecule has 1 aliphatic rings. The van der Waals surface area contributed by atoms with E-state index in [0.29, 0.717) is 16.5 Å². The smallest absolute Gasteiger partial charge is 0.237 e. The molecule has 1 amide bonds. The number of carbonyl (C=O) groups is 1. The van der Waals surface area contributed by atoms with Gasteiger partial charge in [-0.25, -0.2) is 4.98 Å². The zero-order valence-corrected chi connectivity index (χ0v) is 10.9. The van der Waals surface area contributed by atoms with Crippen LogP contribution < -0.4 is 16.4 Å². The Hall–Kier alpha value is -1.49. The lowest BCUT2D eigenvalue weighted by atomic mass is 10.2. The Balaban J connectivity index is 2.29. The van der Waals surface area contributed by atoms with Crippen molar-refractivity contribution in [1.82, 2.24) is 4.98 Å². The van der Waals surface area contributed by atoms with Gasteiger partial charge in [-0.05, 0) is 18.9 Å². The highest BCUT2D eigenvalue weighted by molar-refractivity contribution is 6.33. The van der Waals surface area contributed by atoms with Crippen molar-refractivity contribution in [3.8, 4) is 0 Å². The largest absolute Gasteiger partial charge is 0.397 e. The zero-order chi connectivity index (χ0) is 13.1. The molecule has 1 fully saturated rings. The van der Waals surface area contributed by atoms with Gasteiger partial charge in [0.1, 0.15) is 5.82 Å². The van der Waals surface area contributed by atoms with Gasteiger partial charge < -0.3 is 16.4 Å². The highest BCUT2D eigenvalue weighted by Crippen LogP contribution is 2.31. The van der Waals surface area contributed by atoms with Gasteiger partial charge in [-0.15, -0.1) is 0 Å². The molecule has 5 nitrogen and oxygen atoms in total. The van der Waals surface area contributed by atoms with Crippen LogP contribution in [0.1, 0.15) is 25.7 Å². The number of aromatic nitrogens is 1. The van der Waals surface area contributed by atoms with Crippen molar-refractivity contribution in [2.75, 3.05) is 17.2 Å². The molecule has 0 radical (unpaired) electrons. The Morgan fingerprint density at radius 2 is 2.17 bits per heavy atom. The topological polar surface area (TPSA) is 85.2 Å². The van der Waals surface area contributed by atoms with Crippen LogP contribution in [0.15, 0.2) is 12.3 Å². The number of amides is 1. The Morgan fingerprint density at radius 3 is 2.72 bits per heavy atom. The molecule has 1 saturated carbocycles. The first-order valence-electron chi connectivity index (χ1n) is 6.04. The average molecular weight is 269 g/mol. The van der Waals surface area contributed by atoms with Crippen molar-refractivity contribution < 1.29 is 4.79 Å². The zero-order valence-electron chi connectivity index (χ0n) is 10.1. The molecular weight excluding hydrogens is 252 g/mol. The van der Waals surface area contributed by atoms with Gasteiger partial charge in [-0.2, -0.15) is 0 Å². The molecule has 6 heteroatoms. The summed E-state index contributed by atoms with van der Waals surface area (Å²) in [5.41, 5.74) is 11.4. The van der Waals surface area contributed by atoms with Crippen LogP contribution in [0.25, 0.3) is 0 Å². The second kappa shape index (κ2) is 5.44. The maximum Gasteiger partial charge on any atom is 0.237 e. The number of halogens is 1. The van der Waals surface area contributed by atoms with Crippen molar-refractivity contribution in [1.29, 1.82) is 0 Å². The molecule has 0 aliphatic heterocycles. The second-order valence-corrected chi connectivity index (χ2v) is 5.01. The van der Waals surface area contributed by atoms with E-state index in [4.69, 9.17) is 23.1 Å². The van der Waals surface area contributed by atoms with E-state index in [0.717, 1.165) is 25.7 Å².